The molecule has 0 aliphatic carbocycles. The van der Waals surface area contributed by atoms with Crippen LogP contribution in [-0.2, 0) is 40.8 Å². The second kappa shape index (κ2) is 12.2. The third-order valence-corrected chi connectivity index (χ3v) is 13.0. The number of nitrogens with zero attached hydrogens (tertiary/aromatic N) is 3. The molecule has 6 rings (SSSR count). The van der Waals surface area contributed by atoms with E-state index in [0.29, 0.717) is 23.5 Å². The molecule has 0 aromatic heterocycles. The molecule has 3 saturated heterocycles. The van der Waals surface area contributed by atoms with E-state index < -0.39 is 43.7 Å². The van der Waals surface area contributed by atoms with E-state index in [-0.39, 0.29) is 49.8 Å². The molecular weight excluding hydrogens is 674 g/mol. The van der Waals surface area contributed by atoms with Gasteiger partial charge in [0, 0.05) is 40.7 Å². The molecule has 2 N–H and O–H groups in total. The maximum atomic E-state index is 14.7. The van der Waals surface area contributed by atoms with Crippen LogP contribution < -0.4 is 9.80 Å². The van der Waals surface area contributed by atoms with Crippen molar-refractivity contribution in [3.8, 4) is 0 Å². The van der Waals surface area contributed by atoms with Gasteiger partial charge in [0.25, 0.3) is 5.91 Å². The molecule has 0 bridgehead atoms. The van der Waals surface area contributed by atoms with Crippen molar-refractivity contribution >= 4 is 59.3 Å². The maximum absolute atomic E-state index is 14.7. The van der Waals surface area contributed by atoms with Crippen LogP contribution in [0.1, 0.15) is 50.7 Å². The van der Waals surface area contributed by atoms with Crippen LogP contribution in [0.2, 0.25) is 18.6 Å². The first kappa shape index (κ1) is 32.8. The minimum Gasteiger partial charge on any atom is -0.441 e. The molecule has 0 saturated carbocycles. The molecule has 4 heterocycles. The van der Waals surface area contributed by atoms with Gasteiger partial charge in [-0.2, -0.15) is 0 Å². The molecule has 2 aromatic rings. The normalized spacial score (nSPS) is 29.0. The smallest absolute Gasteiger partial charge is 0.304 e. The van der Waals surface area contributed by atoms with Gasteiger partial charge in [-0.1, -0.05) is 35.0 Å². The van der Waals surface area contributed by atoms with Crippen molar-refractivity contribution in [1.29, 1.82) is 0 Å². The summed E-state index contributed by atoms with van der Waals surface area (Å²) in [5, 5.41) is 9.82. The highest BCUT2D eigenvalue weighted by molar-refractivity contribution is 9.10. The Morgan fingerprint density at radius 3 is 2.50 bits per heavy atom. The van der Waals surface area contributed by atoms with E-state index in [2.05, 4.69) is 15.9 Å². The highest BCUT2D eigenvalue weighted by atomic mass is 79.9. The van der Waals surface area contributed by atoms with Gasteiger partial charge in [-0.25, -0.2) is 0 Å². The van der Waals surface area contributed by atoms with Gasteiger partial charge in [-0.05, 0) is 61.8 Å². The summed E-state index contributed by atoms with van der Waals surface area (Å²) in [7, 11) is -2.96. The lowest BCUT2D eigenvalue weighted by molar-refractivity contribution is -0.154. The van der Waals surface area contributed by atoms with Crippen LogP contribution in [0.4, 0.5) is 11.4 Å². The van der Waals surface area contributed by atoms with Crippen molar-refractivity contribution in [2.45, 2.75) is 88.7 Å². The molecule has 4 aliphatic rings. The number of esters is 1. The molecule has 11 nitrogen and oxygen atoms in total. The SMILES string of the molecule is CC(=O)OC1CC(=O)N1c1ccc(CN2C(=O)[C@]3(O[C@H](CC(=O)N4CCC[C@H]4CO)[C@@H]([Si](C)(C)O)[C@@H]3C)c3cc(Br)ccc32)cc1. The van der Waals surface area contributed by atoms with Crippen LogP contribution >= 0.6 is 15.9 Å². The van der Waals surface area contributed by atoms with Crippen LogP contribution in [0.25, 0.3) is 0 Å². The zero-order valence-corrected chi connectivity index (χ0v) is 29.0. The predicted molar refractivity (Wildman–Crippen MR) is 175 cm³/mol. The number of aliphatic hydroxyl groups excluding tert-OH is 1. The number of rotatable bonds is 8. The van der Waals surface area contributed by atoms with Crippen LogP contribution in [0.5, 0.6) is 0 Å². The summed E-state index contributed by atoms with van der Waals surface area (Å²) >= 11 is 3.58. The zero-order valence-electron chi connectivity index (χ0n) is 26.4. The van der Waals surface area contributed by atoms with E-state index in [9.17, 15) is 29.1 Å². The molecule has 3 amide bonds. The topological polar surface area (TPSA) is 137 Å². The molecule has 3 fully saturated rings. The van der Waals surface area contributed by atoms with E-state index >= 15 is 0 Å². The van der Waals surface area contributed by atoms with Crippen LogP contribution in [0.3, 0.4) is 0 Å². The molecule has 46 heavy (non-hydrogen) atoms. The van der Waals surface area contributed by atoms with Crippen molar-refractivity contribution in [1.82, 2.24) is 4.90 Å². The lowest BCUT2D eigenvalue weighted by Crippen LogP contribution is -2.54. The summed E-state index contributed by atoms with van der Waals surface area (Å²) in [4.78, 5) is 68.4. The third kappa shape index (κ3) is 5.49. The number of carbonyl (C=O) groups is 4. The highest BCUT2D eigenvalue weighted by Crippen LogP contribution is 2.60. The number of likely N-dealkylation sites (tertiary alicyclic amines) is 1. The molecule has 1 unspecified atom stereocenters. The quantitative estimate of drug-likeness (QED) is 0.240. The number of amides is 3. The summed E-state index contributed by atoms with van der Waals surface area (Å²) in [6, 6.07) is 12.6. The first-order valence-corrected chi connectivity index (χ1v) is 19.6. The number of anilines is 2. The predicted octanol–water partition coefficient (Wildman–Crippen LogP) is 3.79. The first-order valence-electron chi connectivity index (χ1n) is 15.8. The standard InChI is InChI=1S/C33H40BrN3O8Si/c1-19-31(46(3,4)43)27(15-28(40)35-13-5-6-24(35)18-38)45-33(19)25-14-22(34)9-12-26(25)36(32(33)42)17-21-7-10-23(11-8-21)37-29(41)16-30(37)44-20(2)39/h7-12,14,19,24,27,30-31,38,43H,5-6,13,15-18H2,1-4H3/t19-,24-,27+,30?,31-,33+/m0/s1. The van der Waals surface area contributed by atoms with Crippen molar-refractivity contribution in [2.75, 3.05) is 23.0 Å². The number of aliphatic hydroxyl groups is 1. The fourth-order valence-electron chi connectivity index (χ4n) is 7.98. The van der Waals surface area contributed by atoms with E-state index in [4.69, 9.17) is 9.47 Å². The van der Waals surface area contributed by atoms with E-state index in [1.54, 1.807) is 21.9 Å². The Morgan fingerprint density at radius 2 is 1.87 bits per heavy atom. The van der Waals surface area contributed by atoms with Gasteiger partial charge in [-0.15, -0.1) is 0 Å². The Labute approximate surface area is 277 Å². The van der Waals surface area contributed by atoms with Crippen LogP contribution in [0.15, 0.2) is 46.9 Å². The number of fused-ring (bicyclic) bond motifs is 2. The Morgan fingerprint density at radius 1 is 1.15 bits per heavy atom. The van der Waals surface area contributed by atoms with Crippen molar-refractivity contribution < 1.29 is 38.6 Å². The van der Waals surface area contributed by atoms with Crippen molar-refractivity contribution in [3.05, 3.63) is 58.1 Å². The van der Waals surface area contributed by atoms with Gasteiger partial charge in [0.2, 0.25) is 11.8 Å². The lowest BCUT2D eigenvalue weighted by atomic mass is 9.82. The summed E-state index contributed by atoms with van der Waals surface area (Å²) in [6.45, 7) is 7.61. The summed E-state index contributed by atoms with van der Waals surface area (Å²) in [5.74, 6) is -1.41. The molecule has 246 valence electrons. The monoisotopic (exact) mass is 713 g/mol. The van der Waals surface area contributed by atoms with Crippen LogP contribution in [-0.4, -0.2) is 78.3 Å². The molecular formula is C33H40BrN3O8Si. The van der Waals surface area contributed by atoms with Gasteiger partial charge >= 0.3 is 5.97 Å². The minimum atomic E-state index is -2.96. The largest absolute Gasteiger partial charge is 0.441 e. The summed E-state index contributed by atoms with van der Waals surface area (Å²) < 4.78 is 12.8. The fourth-order valence-corrected chi connectivity index (χ4v) is 10.9. The van der Waals surface area contributed by atoms with Gasteiger partial charge in [0.1, 0.15) is 0 Å². The number of hydrogen-bond acceptors (Lipinski definition) is 8. The second-order valence-electron chi connectivity index (χ2n) is 13.4. The lowest BCUT2D eigenvalue weighted by Gasteiger charge is -2.39. The number of benzene rings is 2. The minimum absolute atomic E-state index is 0.0197. The Balaban J connectivity index is 1.30. The van der Waals surface area contributed by atoms with E-state index in [0.717, 1.165) is 22.9 Å². The maximum Gasteiger partial charge on any atom is 0.304 e. The number of carbonyl (C=O) groups excluding carboxylic acids is 4. The zero-order chi connectivity index (χ0) is 33.1. The average Bonchev–Trinajstić information content (AvgIpc) is 3.64. The fraction of sp³-hybridized carbons (Fsp3) is 0.515. The van der Waals surface area contributed by atoms with Gasteiger partial charge in [0.15, 0.2) is 20.1 Å². The second-order valence-corrected chi connectivity index (χ2v) is 18.3. The number of β-lactam (4-membered cyclic amide) rings is 1. The molecule has 4 aliphatic heterocycles. The molecule has 6 atom stereocenters. The van der Waals surface area contributed by atoms with Crippen molar-refractivity contribution in [2.24, 2.45) is 5.92 Å². The van der Waals surface area contributed by atoms with Crippen LogP contribution in [0, 0.1) is 5.92 Å². The number of halogens is 1. The first-order chi connectivity index (χ1) is 21.8. The Hall–Kier alpha value is -3.10. The van der Waals surface area contributed by atoms with Gasteiger partial charge in [-0.3, -0.25) is 24.1 Å². The number of hydrogen-bond donors (Lipinski definition) is 2. The average molecular weight is 715 g/mol. The Bertz CT molecular complexity index is 1560. The van der Waals surface area contributed by atoms with Gasteiger partial charge < -0.3 is 29.2 Å². The van der Waals surface area contributed by atoms with E-state index in [1.807, 2.05) is 50.3 Å². The summed E-state index contributed by atoms with van der Waals surface area (Å²) in [5.41, 5.74) is 0.999. The third-order valence-electron chi connectivity index (χ3n) is 9.99. The molecule has 2 aromatic carbocycles. The molecule has 1 spiro atoms. The number of ether oxygens (including phenoxy) is 2. The highest BCUT2D eigenvalue weighted by Gasteiger charge is 2.66. The Kier molecular flexibility index (Phi) is 8.68. The van der Waals surface area contributed by atoms with E-state index in [1.165, 1.54) is 11.8 Å². The van der Waals surface area contributed by atoms with Gasteiger partial charge in [0.05, 0.1) is 43.8 Å². The summed E-state index contributed by atoms with van der Waals surface area (Å²) in [6.07, 6.45) is 0.416. The van der Waals surface area contributed by atoms with Crippen molar-refractivity contribution in [3.63, 3.8) is 0 Å². The molecule has 0 radical (unpaired) electrons. The molecule has 13 heteroatoms.